The number of nitrogen functional groups attached to an aromatic ring is 2. The molecule has 0 aliphatic carbocycles. The van der Waals surface area contributed by atoms with Crippen molar-refractivity contribution < 1.29 is 0 Å². The van der Waals surface area contributed by atoms with Gasteiger partial charge in [0.25, 0.3) is 0 Å². The topological polar surface area (TPSA) is 75.9 Å². The number of hydrogen-bond acceptors (Lipinski definition) is 2. The van der Waals surface area contributed by atoms with Crippen molar-refractivity contribution in [2.24, 2.45) is 5.73 Å². The predicted octanol–water partition coefficient (Wildman–Crippen LogP) is 3.22. The van der Waals surface area contributed by atoms with Gasteiger partial charge in [0.1, 0.15) is 5.84 Å². The molecule has 0 bridgehead atoms. The maximum Gasteiger partial charge on any atom is 0.124 e. The van der Waals surface area contributed by atoms with Crippen LogP contribution in [0.25, 0.3) is 0 Å². The van der Waals surface area contributed by atoms with E-state index in [0.29, 0.717) is 11.3 Å². The SMILES string of the molecule is CC.CC.Cc1cc(N)c(C(=N)N)cc1C. The Hall–Kier alpha value is -1.51. The summed E-state index contributed by atoms with van der Waals surface area (Å²) in [6.45, 7) is 12.0. The highest BCUT2D eigenvalue weighted by atomic mass is 14.7. The highest BCUT2D eigenvalue weighted by Crippen LogP contribution is 2.16. The van der Waals surface area contributed by atoms with E-state index in [0.717, 1.165) is 11.1 Å². The van der Waals surface area contributed by atoms with Crippen LogP contribution in [0.2, 0.25) is 0 Å². The number of nitrogens with two attached hydrogens (primary N) is 2. The maximum absolute atomic E-state index is 7.24. The fourth-order valence-electron chi connectivity index (χ4n) is 1.07. The standard InChI is InChI=1S/C9H13N3.2C2H6/c1-5-3-7(9(11)12)8(10)4-6(5)2;2*1-2/h3-4H,10H2,1-2H3,(H3,11,12);2*1-2H3. The molecule has 0 amide bonds. The van der Waals surface area contributed by atoms with Gasteiger partial charge >= 0.3 is 0 Å². The van der Waals surface area contributed by atoms with Gasteiger partial charge in [0.2, 0.25) is 0 Å². The molecule has 0 spiro atoms. The summed E-state index contributed by atoms with van der Waals surface area (Å²) >= 11 is 0. The normalized spacial score (nSPS) is 8.12. The van der Waals surface area contributed by atoms with Crippen LogP contribution in [0.3, 0.4) is 0 Å². The van der Waals surface area contributed by atoms with E-state index in [1.807, 2.05) is 53.7 Å². The van der Waals surface area contributed by atoms with Crippen molar-refractivity contribution in [1.29, 1.82) is 5.41 Å². The second-order valence-corrected chi connectivity index (χ2v) is 2.94. The molecule has 0 aliphatic heterocycles. The second kappa shape index (κ2) is 8.77. The monoisotopic (exact) mass is 223 g/mol. The summed E-state index contributed by atoms with van der Waals surface area (Å²) in [4.78, 5) is 0. The summed E-state index contributed by atoms with van der Waals surface area (Å²) < 4.78 is 0. The Bertz CT molecular complexity index is 330. The first-order valence-corrected chi connectivity index (χ1v) is 5.73. The minimum absolute atomic E-state index is 0.0237. The summed E-state index contributed by atoms with van der Waals surface area (Å²) in [5, 5.41) is 7.24. The fraction of sp³-hybridized carbons (Fsp3) is 0.462. The highest BCUT2D eigenvalue weighted by Gasteiger charge is 2.03. The third-order valence-corrected chi connectivity index (χ3v) is 1.96. The molecule has 5 N–H and O–H groups in total. The van der Waals surface area contributed by atoms with Crippen LogP contribution in [0.5, 0.6) is 0 Å². The van der Waals surface area contributed by atoms with Gasteiger partial charge in [-0.25, -0.2) is 0 Å². The lowest BCUT2D eigenvalue weighted by Gasteiger charge is -2.07. The van der Waals surface area contributed by atoms with Crippen LogP contribution < -0.4 is 11.5 Å². The minimum Gasteiger partial charge on any atom is -0.398 e. The Morgan fingerprint density at radius 3 is 1.75 bits per heavy atom. The number of amidine groups is 1. The number of anilines is 1. The third kappa shape index (κ3) is 4.82. The van der Waals surface area contributed by atoms with E-state index in [1.54, 1.807) is 0 Å². The number of benzene rings is 1. The minimum atomic E-state index is 0.0237. The Kier molecular flexibility index (Phi) is 9.27. The van der Waals surface area contributed by atoms with Crippen molar-refractivity contribution in [3.05, 3.63) is 28.8 Å². The molecule has 3 nitrogen and oxygen atoms in total. The summed E-state index contributed by atoms with van der Waals surface area (Å²) in [7, 11) is 0. The molecule has 1 aromatic carbocycles. The van der Waals surface area contributed by atoms with E-state index in [4.69, 9.17) is 16.9 Å². The Labute approximate surface area is 99.4 Å². The van der Waals surface area contributed by atoms with E-state index in [2.05, 4.69) is 0 Å². The number of rotatable bonds is 1. The molecule has 1 aromatic rings. The van der Waals surface area contributed by atoms with Gasteiger partial charge < -0.3 is 11.5 Å². The van der Waals surface area contributed by atoms with E-state index < -0.39 is 0 Å². The molecule has 0 fully saturated rings. The Balaban J connectivity index is 0. The van der Waals surface area contributed by atoms with Crippen LogP contribution in [0.15, 0.2) is 12.1 Å². The lowest BCUT2D eigenvalue weighted by Crippen LogP contribution is -2.14. The largest absolute Gasteiger partial charge is 0.398 e. The number of aryl methyl sites for hydroxylation is 2. The summed E-state index contributed by atoms with van der Waals surface area (Å²) in [5.74, 6) is 0.0237. The molecule has 0 unspecified atom stereocenters. The highest BCUT2D eigenvalue weighted by molar-refractivity contribution is 6.00. The van der Waals surface area contributed by atoms with E-state index in [-0.39, 0.29) is 5.84 Å². The van der Waals surface area contributed by atoms with E-state index in [1.165, 1.54) is 0 Å². The van der Waals surface area contributed by atoms with Gasteiger partial charge in [-0.2, -0.15) is 0 Å². The average molecular weight is 223 g/mol. The fourth-order valence-corrected chi connectivity index (χ4v) is 1.07. The molecule has 0 atom stereocenters. The van der Waals surface area contributed by atoms with Crippen molar-refractivity contribution in [1.82, 2.24) is 0 Å². The summed E-state index contributed by atoms with van der Waals surface area (Å²) in [6.07, 6.45) is 0. The molecular formula is C13H25N3. The molecule has 0 saturated carbocycles. The molecule has 92 valence electrons. The van der Waals surface area contributed by atoms with Gasteiger partial charge in [-0.15, -0.1) is 0 Å². The van der Waals surface area contributed by atoms with Gasteiger partial charge in [-0.05, 0) is 37.1 Å². The molecule has 16 heavy (non-hydrogen) atoms. The van der Waals surface area contributed by atoms with Gasteiger partial charge in [0, 0.05) is 11.3 Å². The van der Waals surface area contributed by atoms with Crippen molar-refractivity contribution in [2.75, 3.05) is 5.73 Å². The number of nitrogens with one attached hydrogen (secondary N) is 1. The van der Waals surface area contributed by atoms with Crippen molar-refractivity contribution >= 4 is 11.5 Å². The summed E-state index contributed by atoms with van der Waals surface area (Å²) in [5.41, 5.74) is 14.4. The maximum atomic E-state index is 7.24. The lowest BCUT2D eigenvalue weighted by atomic mass is 10.0. The second-order valence-electron chi connectivity index (χ2n) is 2.94. The molecule has 0 heterocycles. The third-order valence-electron chi connectivity index (χ3n) is 1.96. The summed E-state index contributed by atoms with van der Waals surface area (Å²) in [6, 6.07) is 3.68. The molecule has 0 aliphatic rings. The van der Waals surface area contributed by atoms with Gasteiger partial charge in [-0.3, -0.25) is 5.41 Å². The smallest absolute Gasteiger partial charge is 0.124 e. The van der Waals surface area contributed by atoms with E-state index >= 15 is 0 Å². The quantitative estimate of drug-likeness (QED) is 0.388. The molecule has 0 aromatic heterocycles. The van der Waals surface area contributed by atoms with Crippen LogP contribution in [0.1, 0.15) is 44.4 Å². The Morgan fingerprint density at radius 2 is 1.38 bits per heavy atom. The van der Waals surface area contributed by atoms with Gasteiger partial charge in [0.05, 0.1) is 0 Å². The zero-order chi connectivity index (χ0) is 13.3. The van der Waals surface area contributed by atoms with Gasteiger partial charge in [0.15, 0.2) is 0 Å². The first-order chi connectivity index (χ1) is 7.52. The van der Waals surface area contributed by atoms with Crippen LogP contribution in [0.4, 0.5) is 5.69 Å². The van der Waals surface area contributed by atoms with Crippen LogP contribution >= 0.6 is 0 Å². The van der Waals surface area contributed by atoms with Gasteiger partial charge in [-0.1, -0.05) is 27.7 Å². The Morgan fingerprint density at radius 1 is 1.00 bits per heavy atom. The van der Waals surface area contributed by atoms with Crippen LogP contribution in [-0.4, -0.2) is 5.84 Å². The lowest BCUT2D eigenvalue weighted by molar-refractivity contribution is 1.32. The molecule has 0 radical (unpaired) electrons. The zero-order valence-electron chi connectivity index (χ0n) is 11.3. The van der Waals surface area contributed by atoms with E-state index in [9.17, 15) is 0 Å². The molecule has 3 heteroatoms. The number of hydrogen-bond donors (Lipinski definition) is 3. The molecular weight excluding hydrogens is 198 g/mol. The zero-order valence-corrected chi connectivity index (χ0v) is 11.3. The van der Waals surface area contributed by atoms with Crippen LogP contribution in [-0.2, 0) is 0 Å². The van der Waals surface area contributed by atoms with Crippen molar-refractivity contribution in [3.8, 4) is 0 Å². The van der Waals surface area contributed by atoms with Crippen molar-refractivity contribution in [2.45, 2.75) is 41.5 Å². The first kappa shape index (κ1) is 16.9. The van der Waals surface area contributed by atoms with Crippen LogP contribution in [0, 0.1) is 19.3 Å². The molecule has 1 rings (SSSR count). The average Bonchev–Trinajstić information content (AvgIpc) is 2.28. The molecule has 0 saturated heterocycles. The van der Waals surface area contributed by atoms with Crippen molar-refractivity contribution in [3.63, 3.8) is 0 Å². The predicted molar refractivity (Wildman–Crippen MR) is 74.0 cm³/mol. The first-order valence-electron chi connectivity index (χ1n) is 5.73.